The number of aryl methyl sites for hydroxylation is 2. The van der Waals surface area contributed by atoms with Crippen LogP contribution in [0.2, 0.25) is 0 Å². The fourth-order valence-corrected chi connectivity index (χ4v) is 18.3. The molecule has 2 atom stereocenters. The Morgan fingerprint density at radius 3 is 1.33 bits per heavy atom. The van der Waals surface area contributed by atoms with Crippen LogP contribution < -0.4 is 15.0 Å². The Morgan fingerprint density at radius 2 is 0.955 bits per heavy atom. The normalized spacial score (nSPS) is 15.6. The second-order valence-electron chi connectivity index (χ2n) is 20.3. The number of benzene rings is 3. The smallest absolute Gasteiger partial charge is 0.270 e. The van der Waals surface area contributed by atoms with Gasteiger partial charge in [-0.15, -0.1) is 45.3 Å². The monoisotopic (exact) mass is 974 g/mol. The highest BCUT2D eigenvalue weighted by Gasteiger charge is 2.49. The summed E-state index contributed by atoms with van der Waals surface area (Å²) in [5.41, 5.74) is 16.7. The van der Waals surface area contributed by atoms with E-state index < -0.39 is 0 Å². The van der Waals surface area contributed by atoms with Gasteiger partial charge in [0.15, 0.2) is 12.6 Å². The molecule has 7 aromatic rings. The molecular formula is C59H63BO2S5. The Morgan fingerprint density at radius 1 is 0.522 bits per heavy atom. The number of rotatable bonds is 18. The Kier molecular flexibility index (Phi) is 13.7. The van der Waals surface area contributed by atoms with Crippen LogP contribution in [0.1, 0.15) is 217 Å². The third-order valence-electron chi connectivity index (χ3n) is 14.7. The molecule has 0 fully saturated rings. The van der Waals surface area contributed by atoms with Crippen molar-refractivity contribution in [1.82, 2.24) is 0 Å². The lowest BCUT2D eigenvalue weighted by atomic mass is 9.40. The highest BCUT2D eigenvalue weighted by Crippen LogP contribution is 2.62. The molecule has 0 radical (unpaired) electrons. The molecule has 0 saturated carbocycles. The van der Waals surface area contributed by atoms with Gasteiger partial charge in [-0.25, -0.2) is 0 Å². The molecule has 5 heterocycles. The molecule has 0 amide bonds. The van der Waals surface area contributed by atoms with E-state index in [1.807, 2.05) is 34.4 Å². The lowest BCUT2D eigenvalue weighted by Gasteiger charge is -2.30. The summed E-state index contributed by atoms with van der Waals surface area (Å²) in [6.45, 7) is 18.8. The van der Waals surface area contributed by atoms with E-state index in [0.717, 1.165) is 35.2 Å². The van der Waals surface area contributed by atoms with Crippen LogP contribution >= 0.6 is 57.1 Å². The van der Waals surface area contributed by atoms with Gasteiger partial charge in [-0.05, 0) is 126 Å². The molecule has 0 spiro atoms. The minimum atomic E-state index is 0.0559. The quantitative estimate of drug-likeness (QED) is 0.0488. The summed E-state index contributed by atoms with van der Waals surface area (Å²) in [5, 5.41) is 0. The summed E-state index contributed by atoms with van der Waals surface area (Å²) in [4.78, 5) is 34.8. The van der Waals surface area contributed by atoms with Crippen LogP contribution in [-0.2, 0) is 12.8 Å². The average molecular weight is 975 g/mol. The predicted octanol–water partition coefficient (Wildman–Crippen LogP) is 16.5. The van der Waals surface area contributed by atoms with Crippen LogP contribution in [0.5, 0.6) is 0 Å². The SMILES string of the molecule is CCCCCCc1ccc(C2c3cc(C=O)sc3-c3sc4c(c32)Sc2c(sc3c2C(c2ccc(CCCCCC)cc2)c2cc(C=O)sc2-3)B4c2c(C(C)C)cc(C(C)C)cc2C(C)C)cc1. The number of hydrogen-bond donors (Lipinski definition) is 0. The Hall–Kier alpha value is -3.79. The predicted molar refractivity (Wildman–Crippen MR) is 294 cm³/mol. The van der Waals surface area contributed by atoms with Crippen LogP contribution in [0, 0.1) is 0 Å². The van der Waals surface area contributed by atoms with E-state index in [9.17, 15) is 9.59 Å². The van der Waals surface area contributed by atoms with Gasteiger partial charge >= 0.3 is 0 Å². The number of carbonyl (C=O) groups is 2. The van der Waals surface area contributed by atoms with Gasteiger partial charge in [-0.3, -0.25) is 9.59 Å². The van der Waals surface area contributed by atoms with Crippen molar-refractivity contribution in [3.63, 3.8) is 0 Å². The van der Waals surface area contributed by atoms with E-state index >= 15 is 0 Å². The van der Waals surface area contributed by atoms with Crippen molar-refractivity contribution >= 4 is 91.4 Å². The maximum atomic E-state index is 12.5. The van der Waals surface area contributed by atoms with Crippen LogP contribution in [0.3, 0.4) is 0 Å². The molecule has 0 saturated heterocycles. The van der Waals surface area contributed by atoms with E-state index in [1.165, 1.54) is 157 Å². The molecule has 3 aromatic carbocycles. The number of unbranched alkanes of at least 4 members (excludes halogenated alkanes) is 6. The summed E-state index contributed by atoms with van der Waals surface area (Å²) < 4.78 is 2.91. The van der Waals surface area contributed by atoms with E-state index in [0.29, 0.717) is 17.8 Å². The first kappa shape index (κ1) is 46.9. The largest absolute Gasteiger partial charge is 0.297 e. The molecule has 4 aromatic heterocycles. The first-order valence-corrected chi connectivity index (χ1v) is 29.2. The summed E-state index contributed by atoms with van der Waals surface area (Å²) in [5.74, 6) is 1.21. The number of thiophene rings is 4. The number of fused-ring (bicyclic) bond motifs is 10. The second-order valence-corrected chi connectivity index (χ2v) is 25.6. The van der Waals surface area contributed by atoms with Crippen molar-refractivity contribution in [3.8, 4) is 19.5 Å². The summed E-state index contributed by atoms with van der Waals surface area (Å²) in [7, 11) is 0. The van der Waals surface area contributed by atoms with Gasteiger partial charge in [-0.2, -0.15) is 0 Å². The number of hydrogen-bond acceptors (Lipinski definition) is 7. The molecule has 67 heavy (non-hydrogen) atoms. The Balaban J connectivity index is 1.20. The lowest BCUT2D eigenvalue weighted by molar-refractivity contribution is 0.111. The Labute approximate surface area is 420 Å². The molecule has 344 valence electrons. The van der Waals surface area contributed by atoms with E-state index in [2.05, 4.69) is 128 Å². The van der Waals surface area contributed by atoms with Crippen molar-refractivity contribution in [2.24, 2.45) is 0 Å². The van der Waals surface area contributed by atoms with Crippen molar-refractivity contribution in [2.75, 3.05) is 0 Å². The number of aldehydes is 2. The fraction of sp³-hybridized carbons (Fsp3) is 0.390. The second kappa shape index (κ2) is 19.5. The van der Waals surface area contributed by atoms with Gasteiger partial charge < -0.3 is 0 Å². The molecule has 2 aliphatic carbocycles. The van der Waals surface area contributed by atoms with E-state index in [4.69, 9.17) is 0 Å². The van der Waals surface area contributed by atoms with Crippen LogP contribution in [0.15, 0.2) is 82.6 Å². The van der Waals surface area contributed by atoms with Gasteiger partial charge in [-0.1, -0.05) is 172 Å². The average Bonchev–Trinajstić information content (AvgIpc) is 4.18. The topological polar surface area (TPSA) is 34.1 Å². The molecular weight excluding hydrogens is 912 g/mol. The van der Waals surface area contributed by atoms with Crippen LogP contribution in [0.25, 0.3) is 19.5 Å². The van der Waals surface area contributed by atoms with E-state index in [1.54, 1.807) is 22.7 Å². The summed E-state index contributed by atoms with van der Waals surface area (Å²) in [6.07, 6.45) is 14.4. The summed E-state index contributed by atoms with van der Waals surface area (Å²) >= 11 is 9.41. The van der Waals surface area contributed by atoms with Crippen molar-refractivity contribution in [1.29, 1.82) is 0 Å². The van der Waals surface area contributed by atoms with Crippen LogP contribution in [-0.4, -0.2) is 19.3 Å². The molecule has 2 unspecified atom stereocenters. The molecule has 0 bridgehead atoms. The van der Waals surface area contributed by atoms with Gasteiger partial charge in [0, 0.05) is 41.1 Å². The van der Waals surface area contributed by atoms with Gasteiger partial charge in [0.25, 0.3) is 6.71 Å². The highest BCUT2D eigenvalue weighted by molar-refractivity contribution is 8.00. The minimum absolute atomic E-state index is 0.0559. The van der Waals surface area contributed by atoms with Gasteiger partial charge in [0.05, 0.1) is 9.75 Å². The first-order valence-electron chi connectivity index (χ1n) is 25.1. The molecule has 10 rings (SSSR count). The molecule has 3 aliphatic rings. The zero-order valence-corrected chi connectivity index (χ0v) is 44.6. The minimum Gasteiger partial charge on any atom is -0.297 e. The molecule has 1 aliphatic heterocycles. The third kappa shape index (κ3) is 8.37. The standard InChI is InChI=1S/C59H63BO2S5/c1-9-11-13-15-17-36-19-23-38(24-20-36)47-45-29-41(31-61)63-52(45)54-49(47)56-58(66-54)60(51-43(34(5)6)27-40(33(3)4)28-44(51)35(7)8)59-57(65-56)50-48(46-30-42(32-62)64-53(46)55(50)67-59)39-25-21-37(22-26-39)18-16-14-12-10-2/h19-35,47-48H,9-18H2,1-8H3. The zero-order valence-electron chi connectivity index (χ0n) is 40.5. The fourth-order valence-electron chi connectivity index (χ4n) is 11.2. The Bertz CT molecular complexity index is 2760. The summed E-state index contributed by atoms with van der Waals surface area (Å²) in [6, 6.07) is 28.5. The maximum absolute atomic E-state index is 12.5. The zero-order chi connectivity index (χ0) is 46.7. The molecule has 0 N–H and O–H groups in total. The van der Waals surface area contributed by atoms with Crippen molar-refractivity contribution < 1.29 is 9.59 Å². The molecule has 8 heteroatoms. The maximum Gasteiger partial charge on any atom is 0.270 e. The third-order valence-corrected chi connectivity index (χ3v) is 21.3. The first-order chi connectivity index (χ1) is 32.5. The highest BCUT2D eigenvalue weighted by atomic mass is 32.2. The van der Waals surface area contributed by atoms with Crippen LogP contribution in [0.4, 0.5) is 0 Å². The van der Waals surface area contributed by atoms with Gasteiger partial charge in [0.1, 0.15) is 0 Å². The van der Waals surface area contributed by atoms with E-state index in [-0.39, 0.29) is 18.5 Å². The van der Waals surface area contributed by atoms with Crippen molar-refractivity contribution in [3.05, 3.63) is 144 Å². The molecule has 2 nitrogen and oxygen atoms in total. The number of carbonyl (C=O) groups excluding carboxylic acids is 2. The lowest BCUT2D eigenvalue weighted by Crippen LogP contribution is -2.55. The van der Waals surface area contributed by atoms with Crippen molar-refractivity contribution in [2.45, 2.75) is 159 Å². The van der Waals surface area contributed by atoms with Gasteiger partial charge in [0.2, 0.25) is 0 Å².